The van der Waals surface area contributed by atoms with E-state index in [1.165, 1.54) is 6.33 Å². The smallest absolute Gasteiger partial charge is 0.135 e. The summed E-state index contributed by atoms with van der Waals surface area (Å²) in [5.41, 5.74) is 1.44. The van der Waals surface area contributed by atoms with E-state index in [2.05, 4.69) is 40.5 Å². The molecule has 1 aromatic heterocycles. The van der Waals surface area contributed by atoms with Crippen molar-refractivity contribution in [3.8, 4) is 6.07 Å². The minimum Gasteiger partial charge on any atom is -0.367 e. The van der Waals surface area contributed by atoms with E-state index in [-0.39, 0.29) is 0 Å². The molecule has 0 saturated carbocycles. The molecule has 0 bridgehead atoms. The Hall–Kier alpha value is -2.61. The van der Waals surface area contributed by atoms with Crippen molar-refractivity contribution in [1.82, 2.24) is 9.97 Å². The van der Waals surface area contributed by atoms with Gasteiger partial charge in [-0.25, -0.2) is 9.97 Å². The molecule has 0 aliphatic rings. The summed E-state index contributed by atoms with van der Waals surface area (Å²) < 4.78 is 0. The minimum atomic E-state index is 0.361. The quantitative estimate of drug-likeness (QED) is 0.869. The monoisotopic (exact) mass is 267 g/mol. The normalized spacial score (nSPS) is 11.4. The Kier molecular flexibility index (Phi) is 4.51. The first-order valence-corrected chi connectivity index (χ1v) is 6.57. The predicted octanol–water partition coefficient (Wildman–Crippen LogP) is 3.30. The maximum atomic E-state index is 8.89. The SMILES string of the molecule is CCC(C)Nc1cc(Nc2cccc(C#N)c2)ncn1. The van der Waals surface area contributed by atoms with Crippen molar-refractivity contribution < 1.29 is 0 Å². The van der Waals surface area contributed by atoms with Crippen LogP contribution in [0.25, 0.3) is 0 Å². The van der Waals surface area contributed by atoms with E-state index < -0.39 is 0 Å². The molecule has 2 N–H and O–H groups in total. The van der Waals surface area contributed by atoms with Gasteiger partial charge in [-0.1, -0.05) is 13.0 Å². The summed E-state index contributed by atoms with van der Waals surface area (Å²) in [5.74, 6) is 1.48. The van der Waals surface area contributed by atoms with E-state index in [1.54, 1.807) is 12.1 Å². The van der Waals surface area contributed by atoms with Crippen molar-refractivity contribution in [2.24, 2.45) is 0 Å². The maximum absolute atomic E-state index is 8.89. The van der Waals surface area contributed by atoms with Crippen molar-refractivity contribution in [2.45, 2.75) is 26.3 Å². The predicted molar refractivity (Wildman–Crippen MR) is 79.8 cm³/mol. The molecule has 102 valence electrons. The van der Waals surface area contributed by atoms with Crippen LogP contribution in [-0.2, 0) is 0 Å². The van der Waals surface area contributed by atoms with Crippen LogP contribution in [0.3, 0.4) is 0 Å². The van der Waals surface area contributed by atoms with Crippen LogP contribution in [0.5, 0.6) is 0 Å². The Morgan fingerprint density at radius 2 is 2.05 bits per heavy atom. The molecule has 5 nitrogen and oxygen atoms in total. The van der Waals surface area contributed by atoms with Gasteiger partial charge in [-0.3, -0.25) is 0 Å². The van der Waals surface area contributed by atoms with E-state index >= 15 is 0 Å². The summed E-state index contributed by atoms with van der Waals surface area (Å²) in [7, 11) is 0. The van der Waals surface area contributed by atoms with Crippen LogP contribution in [0.4, 0.5) is 17.3 Å². The van der Waals surface area contributed by atoms with Crippen LogP contribution in [-0.4, -0.2) is 16.0 Å². The van der Waals surface area contributed by atoms with E-state index in [0.29, 0.717) is 17.4 Å². The zero-order valence-electron chi connectivity index (χ0n) is 11.6. The molecule has 0 saturated heterocycles. The van der Waals surface area contributed by atoms with Gasteiger partial charge in [0.2, 0.25) is 0 Å². The Bertz CT molecular complexity index is 618. The number of hydrogen-bond donors (Lipinski definition) is 2. The lowest BCUT2D eigenvalue weighted by molar-refractivity contribution is 0.758. The van der Waals surface area contributed by atoms with Gasteiger partial charge in [0.1, 0.15) is 18.0 Å². The molecule has 1 heterocycles. The fraction of sp³-hybridized carbons (Fsp3) is 0.267. The zero-order valence-corrected chi connectivity index (χ0v) is 11.6. The second-order valence-electron chi connectivity index (χ2n) is 4.56. The summed E-state index contributed by atoms with van der Waals surface area (Å²) in [6, 6.07) is 11.6. The number of aromatic nitrogens is 2. The molecule has 0 amide bonds. The molecule has 2 aromatic rings. The van der Waals surface area contributed by atoms with Gasteiger partial charge in [0.05, 0.1) is 11.6 Å². The van der Waals surface area contributed by atoms with Gasteiger partial charge in [-0.05, 0) is 31.5 Å². The highest BCUT2D eigenvalue weighted by molar-refractivity contribution is 5.60. The topological polar surface area (TPSA) is 73.6 Å². The molecule has 1 atom stereocenters. The number of nitriles is 1. The first-order valence-electron chi connectivity index (χ1n) is 6.57. The molecule has 1 unspecified atom stereocenters. The van der Waals surface area contributed by atoms with Crippen molar-refractivity contribution >= 4 is 17.3 Å². The highest BCUT2D eigenvalue weighted by Crippen LogP contribution is 2.17. The lowest BCUT2D eigenvalue weighted by atomic mass is 10.2. The molecule has 0 spiro atoms. The zero-order chi connectivity index (χ0) is 14.4. The number of nitrogens with one attached hydrogen (secondary N) is 2. The van der Waals surface area contributed by atoms with Crippen molar-refractivity contribution in [1.29, 1.82) is 5.26 Å². The van der Waals surface area contributed by atoms with Gasteiger partial charge in [-0.15, -0.1) is 0 Å². The summed E-state index contributed by atoms with van der Waals surface area (Å²) in [4.78, 5) is 8.37. The molecule has 0 radical (unpaired) electrons. The third-order valence-corrected chi connectivity index (χ3v) is 2.94. The lowest BCUT2D eigenvalue weighted by Gasteiger charge is -2.13. The summed E-state index contributed by atoms with van der Waals surface area (Å²) in [6.07, 6.45) is 2.54. The van der Waals surface area contributed by atoms with Gasteiger partial charge in [0.25, 0.3) is 0 Å². The average Bonchev–Trinajstić information content (AvgIpc) is 2.47. The van der Waals surface area contributed by atoms with E-state index in [9.17, 15) is 0 Å². The van der Waals surface area contributed by atoms with Gasteiger partial charge >= 0.3 is 0 Å². The molecule has 1 aromatic carbocycles. The Morgan fingerprint density at radius 1 is 1.25 bits per heavy atom. The highest BCUT2D eigenvalue weighted by atomic mass is 15.1. The Balaban J connectivity index is 2.13. The number of hydrogen-bond acceptors (Lipinski definition) is 5. The van der Waals surface area contributed by atoms with E-state index in [0.717, 1.165) is 17.9 Å². The number of anilines is 3. The maximum Gasteiger partial charge on any atom is 0.135 e. The van der Waals surface area contributed by atoms with Crippen LogP contribution in [0.1, 0.15) is 25.8 Å². The summed E-state index contributed by atoms with van der Waals surface area (Å²) in [6.45, 7) is 4.22. The molecule has 20 heavy (non-hydrogen) atoms. The van der Waals surface area contributed by atoms with Crippen LogP contribution >= 0.6 is 0 Å². The van der Waals surface area contributed by atoms with Crippen molar-refractivity contribution in [3.63, 3.8) is 0 Å². The molecular formula is C15H17N5. The van der Waals surface area contributed by atoms with Crippen LogP contribution in [0.2, 0.25) is 0 Å². The minimum absolute atomic E-state index is 0.361. The fourth-order valence-electron chi connectivity index (χ4n) is 1.67. The highest BCUT2D eigenvalue weighted by Gasteiger charge is 2.03. The third-order valence-electron chi connectivity index (χ3n) is 2.94. The molecule has 0 aliphatic carbocycles. The van der Waals surface area contributed by atoms with Gasteiger partial charge in [0, 0.05) is 17.8 Å². The lowest BCUT2D eigenvalue weighted by Crippen LogP contribution is -2.14. The number of rotatable bonds is 5. The first kappa shape index (κ1) is 13.8. The van der Waals surface area contributed by atoms with Crippen LogP contribution < -0.4 is 10.6 Å². The molecular weight excluding hydrogens is 250 g/mol. The van der Waals surface area contributed by atoms with Crippen molar-refractivity contribution in [2.75, 3.05) is 10.6 Å². The molecule has 2 rings (SSSR count). The number of nitrogens with zero attached hydrogens (tertiary/aromatic N) is 3. The molecule has 0 aliphatic heterocycles. The van der Waals surface area contributed by atoms with E-state index in [4.69, 9.17) is 5.26 Å². The Morgan fingerprint density at radius 3 is 2.80 bits per heavy atom. The second-order valence-corrected chi connectivity index (χ2v) is 4.56. The first-order chi connectivity index (χ1) is 9.71. The second kappa shape index (κ2) is 6.53. The van der Waals surface area contributed by atoms with E-state index in [1.807, 2.05) is 18.2 Å². The summed E-state index contributed by atoms with van der Waals surface area (Å²) in [5, 5.41) is 15.3. The van der Waals surface area contributed by atoms with Crippen LogP contribution in [0.15, 0.2) is 36.7 Å². The third kappa shape index (κ3) is 3.69. The molecule has 5 heteroatoms. The molecule has 0 fully saturated rings. The standard InChI is InChI=1S/C15H17N5/c1-3-11(2)19-14-8-15(18-10-17-14)20-13-6-4-5-12(7-13)9-16/h4-8,10-11H,3H2,1-2H3,(H2,17,18,19,20). The van der Waals surface area contributed by atoms with Crippen LogP contribution in [0, 0.1) is 11.3 Å². The van der Waals surface area contributed by atoms with Gasteiger partial charge < -0.3 is 10.6 Å². The van der Waals surface area contributed by atoms with Gasteiger partial charge in [-0.2, -0.15) is 5.26 Å². The van der Waals surface area contributed by atoms with Gasteiger partial charge in [0.15, 0.2) is 0 Å². The average molecular weight is 267 g/mol. The number of benzene rings is 1. The fourth-order valence-corrected chi connectivity index (χ4v) is 1.67. The largest absolute Gasteiger partial charge is 0.367 e. The van der Waals surface area contributed by atoms with Crippen molar-refractivity contribution in [3.05, 3.63) is 42.2 Å². The summed E-state index contributed by atoms with van der Waals surface area (Å²) >= 11 is 0. The Labute approximate surface area is 118 Å².